The largest absolute Gasteiger partial charge is 0.492 e. The number of nitrogens with zero attached hydrogens (tertiary/aromatic N) is 2. The van der Waals surface area contributed by atoms with E-state index in [1.807, 2.05) is 30.3 Å². The quantitative estimate of drug-likeness (QED) is 0.714. The number of para-hydroxylation sites is 2. The summed E-state index contributed by atoms with van der Waals surface area (Å²) < 4.78 is 8.41. The van der Waals surface area contributed by atoms with Gasteiger partial charge in [-0.15, -0.1) is 0 Å². The van der Waals surface area contributed by atoms with Crippen molar-refractivity contribution in [1.29, 1.82) is 0 Å². The molecule has 0 amide bonds. The lowest BCUT2D eigenvalue weighted by Crippen LogP contribution is -2.31. The van der Waals surface area contributed by atoms with Crippen molar-refractivity contribution in [3.63, 3.8) is 0 Å². The molecule has 2 aromatic carbocycles. The van der Waals surface area contributed by atoms with Crippen molar-refractivity contribution >= 4 is 10.9 Å². The number of likely N-dealkylation sites (N-methyl/N-ethyl adjacent to an activating group) is 1. The van der Waals surface area contributed by atoms with Crippen LogP contribution < -0.4 is 4.74 Å². The number of ether oxygens (including phenoxy) is 1. The molecule has 124 valence electrons. The topological polar surface area (TPSA) is 17.4 Å². The van der Waals surface area contributed by atoms with Crippen LogP contribution in [0.4, 0.5) is 0 Å². The van der Waals surface area contributed by atoms with E-state index in [0.29, 0.717) is 12.6 Å². The van der Waals surface area contributed by atoms with Gasteiger partial charge in [-0.2, -0.15) is 0 Å². The fourth-order valence-corrected chi connectivity index (χ4v) is 3.84. The van der Waals surface area contributed by atoms with Gasteiger partial charge in [0.25, 0.3) is 0 Å². The average Bonchev–Trinajstić information content (AvgIpc) is 2.94. The van der Waals surface area contributed by atoms with Gasteiger partial charge < -0.3 is 9.30 Å². The van der Waals surface area contributed by atoms with Crippen LogP contribution in [-0.4, -0.2) is 29.7 Å². The molecule has 0 saturated carbocycles. The van der Waals surface area contributed by atoms with E-state index in [4.69, 9.17) is 4.74 Å². The number of rotatable bonds is 4. The van der Waals surface area contributed by atoms with Crippen molar-refractivity contribution in [3.05, 3.63) is 65.9 Å². The molecule has 0 saturated heterocycles. The lowest BCUT2D eigenvalue weighted by Gasteiger charge is -2.31. The first-order valence-electron chi connectivity index (χ1n) is 8.74. The van der Waals surface area contributed by atoms with Crippen LogP contribution in [0.2, 0.25) is 0 Å². The van der Waals surface area contributed by atoms with Gasteiger partial charge in [0.1, 0.15) is 12.4 Å². The molecular weight excluding hydrogens is 296 g/mol. The lowest BCUT2D eigenvalue weighted by atomic mass is 9.97. The van der Waals surface area contributed by atoms with Crippen LogP contribution >= 0.6 is 0 Å². The Labute approximate surface area is 143 Å². The van der Waals surface area contributed by atoms with E-state index < -0.39 is 0 Å². The highest BCUT2D eigenvalue weighted by molar-refractivity contribution is 5.86. The summed E-state index contributed by atoms with van der Waals surface area (Å²) in [5.74, 6) is 0.941. The van der Waals surface area contributed by atoms with Crippen LogP contribution in [0, 0.1) is 0 Å². The van der Waals surface area contributed by atoms with E-state index in [2.05, 4.69) is 47.7 Å². The molecule has 0 spiro atoms. The van der Waals surface area contributed by atoms with Crippen molar-refractivity contribution in [1.82, 2.24) is 9.47 Å². The summed E-state index contributed by atoms with van der Waals surface area (Å²) in [5.41, 5.74) is 4.32. The minimum atomic E-state index is 0.468. The van der Waals surface area contributed by atoms with Crippen molar-refractivity contribution in [3.8, 4) is 5.75 Å². The van der Waals surface area contributed by atoms with E-state index in [1.54, 1.807) is 0 Å². The number of hydrogen-bond donors (Lipinski definition) is 0. The van der Waals surface area contributed by atoms with Crippen LogP contribution in [-0.2, 0) is 13.0 Å². The summed E-state index contributed by atoms with van der Waals surface area (Å²) in [6.07, 6.45) is 1.11. The summed E-state index contributed by atoms with van der Waals surface area (Å²) in [6, 6.07) is 19.3. The molecule has 0 N–H and O–H groups in total. The number of benzene rings is 2. The van der Waals surface area contributed by atoms with E-state index in [1.165, 1.54) is 22.2 Å². The minimum Gasteiger partial charge on any atom is -0.492 e. The maximum Gasteiger partial charge on any atom is 0.119 e. The van der Waals surface area contributed by atoms with Gasteiger partial charge in [0.2, 0.25) is 0 Å². The van der Waals surface area contributed by atoms with Gasteiger partial charge in [0.15, 0.2) is 0 Å². The van der Waals surface area contributed by atoms with Gasteiger partial charge in [-0.3, -0.25) is 4.90 Å². The van der Waals surface area contributed by atoms with Gasteiger partial charge in [0.05, 0.1) is 6.54 Å². The Hall–Kier alpha value is -2.26. The fourth-order valence-electron chi connectivity index (χ4n) is 3.84. The number of hydrogen-bond acceptors (Lipinski definition) is 2. The zero-order valence-electron chi connectivity index (χ0n) is 14.4. The Kier molecular flexibility index (Phi) is 4.03. The first-order valence-corrected chi connectivity index (χ1v) is 8.74. The van der Waals surface area contributed by atoms with E-state index >= 15 is 0 Å². The van der Waals surface area contributed by atoms with E-state index in [9.17, 15) is 0 Å². The number of aromatic nitrogens is 1. The average molecular weight is 320 g/mol. The molecule has 0 fully saturated rings. The SMILES string of the molecule is CC1c2c(n(CCOc3ccccc3)c3ccccc23)CCN1C. The van der Waals surface area contributed by atoms with E-state index in [0.717, 1.165) is 25.3 Å². The van der Waals surface area contributed by atoms with Crippen LogP contribution in [0.25, 0.3) is 10.9 Å². The van der Waals surface area contributed by atoms with Crippen molar-refractivity contribution in [2.75, 3.05) is 20.2 Å². The Morgan fingerprint density at radius 1 is 1.04 bits per heavy atom. The highest BCUT2D eigenvalue weighted by Crippen LogP contribution is 2.36. The van der Waals surface area contributed by atoms with Crippen molar-refractivity contribution < 1.29 is 4.74 Å². The van der Waals surface area contributed by atoms with Gasteiger partial charge in [0, 0.05) is 35.6 Å². The molecule has 1 atom stereocenters. The summed E-state index contributed by atoms with van der Waals surface area (Å²) in [5, 5.41) is 1.39. The zero-order valence-corrected chi connectivity index (χ0v) is 14.4. The molecule has 3 nitrogen and oxygen atoms in total. The minimum absolute atomic E-state index is 0.468. The molecule has 1 aromatic heterocycles. The Bertz CT molecular complexity index is 838. The molecule has 1 aliphatic rings. The van der Waals surface area contributed by atoms with Crippen molar-refractivity contribution in [2.24, 2.45) is 0 Å². The molecule has 0 bridgehead atoms. The highest BCUT2D eigenvalue weighted by Gasteiger charge is 2.27. The predicted molar refractivity (Wildman–Crippen MR) is 98.6 cm³/mol. The molecule has 24 heavy (non-hydrogen) atoms. The van der Waals surface area contributed by atoms with Gasteiger partial charge in [-0.1, -0.05) is 36.4 Å². The molecule has 1 unspecified atom stereocenters. The maximum absolute atomic E-state index is 5.94. The summed E-state index contributed by atoms with van der Waals surface area (Å²) in [6.45, 7) is 5.01. The predicted octanol–water partition coefficient (Wildman–Crippen LogP) is 4.27. The Morgan fingerprint density at radius 3 is 2.62 bits per heavy atom. The monoisotopic (exact) mass is 320 g/mol. The van der Waals surface area contributed by atoms with Crippen molar-refractivity contribution in [2.45, 2.75) is 25.9 Å². The molecule has 3 heteroatoms. The smallest absolute Gasteiger partial charge is 0.119 e. The zero-order chi connectivity index (χ0) is 16.5. The molecule has 0 radical (unpaired) electrons. The maximum atomic E-state index is 5.94. The molecule has 3 aromatic rings. The van der Waals surface area contributed by atoms with Gasteiger partial charge in [-0.05, 0) is 37.7 Å². The second kappa shape index (κ2) is 6.33. The highest BCUT2D eigenvalue weighted by atomic mass is 16.5. The van der Waals surface area contributed by atoms with E-state index in [-0.39, 0.29) is 0 Å². The second-order valence-electron chi connectivity index (χ2n) is 6.60. The number of fused-ring (bicyclic) bond motifs is 3. The Morgan fingerprint density at radius 2 is 1.79 bits per heavy atom. The van der Waals surface area contributed by atoms with Crippen LogP contribution in [0.5, 0.6) is 5.75 Å². The van der Waals surface area contributed by atoms with Crippen LogP contribution in [0.15, 0.2) is 54.6 Å². The first-order chi connectivity index (χ1) is 11.8. The third-order valence-electron chi connectivity index (χ3n) is 5.23. The van der Waals surface area contributed by atoms with Gasteiger partial charge in [-0.25, -0.2) is 0 Å². The summed E-state index contributed by atoms with van der Waals surface area (Å²) in [4.78, 5) is 2.44. The normalized spacial score (nSPS) is 17.8. The third kappa shape index (κ3) is 2.59. The molecule has 0 aliphatic carbocycles. The fraction of sp³-hybridized carbons (Fsp3) is 0.333. The van der Waals surface area contributed by atoms with Crippen LogP contribution in [0.1, 0.15) is 24.2 Å². The van der Waals surface area contributed by atoms with Crippen LogP contribution in [0.3, 0.4) is 0 Å². The summed E-state index contributed by atoms with van der Waals surface area (Å²) in [7, 11) is 2.22. The molecular formula is C21H24N2O. The second-order valence-corrected chi connectivity index (χ2v) is 6.60. The standard InChI is InChI=1S/C21H24N2O/c1-16-21-18-10-6-7-11-19(18)23(20(21)12-13-22(16)2)14-15-24-17-8-4-3-5-9-17/h3-11,16H,12-15H2,1-2H3. The molecule has 2 heterocycles. The molecule has 4 rings (SSSR count). The summed E-state index contributed by atoms with van der Waals surface area (Å²) >= 11 is 0. The first kappa shape index (κ1) is 15.3. The Balaban J connectivity index is 1.65. The third-order valence-corrected chi connectivity index (χ3v) is 5.23. The lowest BCUT2D eigenvalue weighted by molar-refractivity contribution is 0.242. The molecule has 1 aliphatic heterocycles. The van der Waals surface area contributed by atoms with Gasteiger partial charge >= 0.3 is 0 Å².